The number of carboxylic acid groups (broad SMARTS) is 1. The van der Waals surface area contributed by atoms with Crippen molar-refractivity contribution in [2.75, 3.05) is 0 Å². The van der Waals surface area contributed by atoms with E-state index in [1.54, 1.807) is 32.9 Å². The molecule has 1 fully saturated rings. The summed E-state index contributed by atoms with van der Waals surface area (Å²) in [5.41, 5.74) is -2.36. The summed E-state index contributed by atoms with van der Waals surface area (Å²) in [6, 6.07) is 0. The van der Waals surface area contributed by atoms with Gasteiger partial charge in [-0.15, -0.1) is 0 Å². The largest absolute Gasteiger partial charge is 0.481 e. The molecular formula is C19H24O6. The van der Waals surface area contributed by atoms with E-state index < -0.39 is 34.7 Å². The van der Waals surface area contributed by atoms with Gasteiger partial charge in [0.15, 0.2) is 17.2 Å². The van der Waals surface area contributed by atoms with Crippen LogP contribution in [0.3, 0.4) is 0 Å². The van der Waals surface area contributed by atoms with Gasteiger partial charge in [-0.1, -0.05) is 19.1 Å². The zero-order valence-corrected chi connectivity index (χ0v) is 15.0. The molecule has 136 valence electrons. The number of allylic oxidation sites excluding steroid dienone is 3. The number of rotatable bonds is 4. The molecule has 4 atom stereocenters. The topological polar surface area (TPSA) is 97.7 Å². The molecule has 4 unspecified atom stereocenters. The molecule has 6 heteroatoms. The van der Waals surface area contributed by atoms with Crippen LogP contribution < -0.4 is 0 Å². The Kier molecular flexibility index (Phi) is 5.02. The second kappa shape index (κ2) is 6.58. The van der Waals surface area contributed by atoms with Crippen LogP contribution in [0.2, 0.25) is 0 Å². The Hall–Kier alpha value is -2.24. The monoisotopic (exact) mass is 348 g/mol. The highest BCUT2D eigenvalue weighted by Gasteiger charge is 2.63. The molecule has 1 saturated carbocycles. The fraction of sp³-hybridized carbons (Fsp3) is 0.579. The molecule has 25 heavy (non-hydrogen) atoms. The minimum atomic E-state index is -1.73. The van der Waals surface area contributed by atoms with Crippen LogP contribution in [0.25, 0.3) is 0 Å². The standard InChI is InChI=1S/C19H24O6/c1-5-11(2)17(24)25-19(12(3)20)9-6-13-10-14(21)7-8-18(13,4)15(19)16(22)23/h5,7-8,13,15H,6,9-10H2,1-4H3,(H,22,23). The molecule has 0 bridgehead atoms. The summed E-state index contributed by atoms with van der Waals surface area (Å²) >= 11 is 0. The predicted molar refractivity (Wildman–Crippen MR) is 89.7 cm³/mol. The molecule has 0 aromatic heterocycles. The summed E-state index contributed by atoms with van der Waals surface area (Å²) < 4.78 is 5.55. The second-order valence-corrected chi connectivity index (χ2v) is 7.18. The molecular weight excluding hydrogens is 324 g/mol. The van der Waals surface area contributed by atoms with Gasteiger partial charge < -0.3 is 9.84 Å². The van der Waals surface area contributed by atoms with E-state index in [1.165, 1.54) is 13.0 Å². The molecule has 0 amide bonds. The summed E-state index contributed by atoms with van der Waals surface area (Å²) in [6.45, 7) is 6.21. The normalized spacial score (nSPS) is 35.0. The number of hydrogen-bond acceptors (Lipinski definition) is 5. The first kappa shape index (κ1) is 19.1. The average molecular weight is 348 g/mol. The van der Waals surface area contributed by atoms with Crippen LogP contribution in [0, 0.1) is 17.3 Å². The third kappa shape index (κ3) is 3.05. The van der Waals surface area contributed by atoms with Crippen LogP contribution in [0.5, 0.6) is 0 Å². The van der Waals surface area contributed by atoms with E-state index in [9.17, 15) is 24.3 Å². The number of ether oxygens (including phenoxy) is 1. The quantitative estimate of drug-likeness (QED) is 0.619. The number of carbonyl (C=O) groups excluding carboxylic acids is 3. The van der Waals surface area contributed by atoms with Crippen LogP contribution >= 0.6 is 0 Å². The van der Waals surface area contributed by atoms with E-state index in [4.69, 9.17) is 4.74 Å². The predicted octanol–water partition coefficient (Wildman–Crippen LogP) is 2.47. The van der Waals surface area contributed by atoms with Crippen molar-refractivity contribution in [1.29, 1.82) is 0 Å². The van der Waals surface area contributed by atoms with Gasteiger partial charge in [-0.25, -0.2) is 4.79 Å². The van der Waals surface area contributed by atoms with Crippen molar-refractivity contribution in [2.24, 2.45) is 17.3 Å². The lowest BCUT2D eigenvalue weighted by molar-refractivity contribution is -0.195. The number of carboxylic acids is 1. The Balaban J connectivity index is 2.57. The Morgan fingerprint density at radius 3 is 2.48 bits per heavy atom. The van der Waals surface area contributed by atoms with Crippen LogP contribution in [0.4, 0.5) is 0 Å². The molecule has 2 aliphatic rings. The molecule has 0 aromatic carbocycles. The molecule has 6 nitrogen and oxygen atoms in total. The summed E-state index contributed by atoms with van der Waals surface area (Å²) in [5.74, 6) is -3.87. The lowest BCUT2D eigenvalue weighted by Crippen LogP contribution is -2.62. The summed E-state index contributed by atoms with van der Waals surface area (Å²) in [4.78, 5) is 48.7. The number of ketones is 2. The van der Waals surface area contributed by atoms with Crippen LogP contribution in [-0.2, 0) is 23.9 Å². The molecule has 0 spiro atoms. The summed E-state index contributed by atoms with van der Waals surface area (Å²) in [5, 5.41) is 9.92. The highest BCUT2D eigenvalue weighted by molar-refractivity contribution is 5.97. The van der Waals surface area contributed by atoms with Gasteiger partial charge >= 0.3 is 11.9 Å². The van der Waals surface area contributed by atoms with Gasteiger partial charge in [0.25, 0.3) is 0 Å². The van der Waals surface area contributed by atoms with Gasteiger partial charge in [-0.2, -0.15) is 0 Å². The van der Waals surface area contributed by atoms with Crippen molar-refractivity contribution >= 4 is 23.5 Å². The maximum absolute atomic E-state index is 12.5. The number of Topliss-reactive ketones (excluding diaryl/α,β-unsaturated/α-hetero) is 1. The Bertz CT molecular complexity index is 688. The van der Waals surface area contributed by atoms with Crippen LogP contribution in [0.1, 0.15) is 47.0 Å². The van der Waals surface area contributed by atoms with Crippen molar-refractivity contribution in [2.45, 2.75) is 52.6 Å². The van der Waals surface area contributed by atoms with Crippen molar-refractivity contribution in [3.63, 3.8) is 0 Å². The molecule has 0 saturated heterocycles. The van der Waals surface area contributed by atoms with E-state index in [0.717, 1.165) is 0 Å². The zero-order chi connectivity index (χ0) is 19.0. The minimum absolute atomic E-state index is 0.0521. The van der Waals surface area contributed by atoms with Crippen molar-refractivity contribution in [3.8, 4) is 0 Å². The van der Waals surface area contributed by atoms with Gasteiger partial charge in [0.05, 0.1) is 0 Å². The highest BCUT2D eigenvalue weighted by Crippen LogP contribution is 2.55. The first-order valence-electron chi connectivity index (χ1n) is 8.40. The molecule has 2 rings (SSSR count). The third-order valence-corrected chi connectivity index (χ3v) is 5.78. The summed E-state index contributed by atoms with van der Waals surface area (Å²) in [6.07, 6.45) is 5.30. The maximum atomic E-state index is 12.5. The molecule has 0 aliphatic heterocycles. The highest BCUT2D eigenvalue weighted by atomic mass is 16.6. The fourth-order valence-electron chi connectivity index (χ4n) is 4.11. The van der Waals surface area contributed by atoms with E-state index in [1.807, 2.05) is 0 Å². The fourth-order valence-corrected chi connectivity index (χ4v) is 4.11. The van der Waals surface area contributed by atoms with E-state index >= 15 is 0 Å². The van der Waals surface area contributed by atoms with Crippen LogP contribution in [-0.4, -0.2) is 34.2 Å². The number of hydrogen-bond donors (Lipinski definition) is 1. The SMILES string of the molecule is CC=C(C)C(=O)OC1(C(C)=O)CCC2CC(=O)C=CC2(C)C1C(=O)O. The molecule has 0 radical (unpaired) electrons. The van der Waals surface area contributed by atoms with Gasteiger partial charge in [0, 0.05) is 17.4 Å². The number of aliphatic carboxylic acids is 1. The molecule has 2 aliphatic carbocycles. The minimum Gasteiger partial charge on any atom is -0.481 e. The molecule has 0 aromatic rings. The second-order valence-electron chi connectivity index (χ2n) is 7.18. The first-order valence-corrected chi connectivity index (χ1v) is 8.40. The van der Waals surface area contributed by atoms with Gasteiger partial charge in [0.2, 0.25) is 0 Å². The zero-order valence-electron chi connectivity index (χ0n) is 15.0. The average Bonchev–Trinajstić information content (AvgIpc) is 2.53. The number of carbonyl (C=O) groups is 4. The van der Waals surface area contributed by atoms with Crippen molar-refractivity contribution in [3.05, 3.63) is 23.8 Å². The lowest BCUT2D eigenvalue weighted by atomic mass is 9.52. The smallest absolute Gasteiger partial charge is 0.334 e. The van der Waals surface area contributed by atoms with Crippen molar-refractivity contribution in [1.82, 2.24) is 0 Å². The Morgan fingerprint density at radius 2 is 1.96 bits per heavy atom. The van der Waals surface area contributed by atoms with E-state index in [0.29, 0.717) is 12.0 Å². The maximum Gasteiger partial charge on any atom is 0.334 e. The summed E-state index contributed by atoms with van der Waals surface area (Å²) in [7, 11) is 0. The third-order valence-electron chi connectivity index (χ3n) is 5.78. The Labute approximate surface area is 146 Å². The van der Waals surface area contributed by atoms with Gasteiger partial charge in [0.1, 0.15) is 5.92 Å². The first-order chi connectivity index (χ1) is 11.6. The van der Waals surface area contributed by atoms with Crippen molar-refractivity contribution < 1.29 is 29.0 Å². The molecule has 0 heterocycles. The van der Waals surface area contributed by atoms with E-state index in [-0.39, 0.29) is 24.5 Å². The van der Waals surface area contributed by atoms with Crippen LogP contribution in [0.15, 0.2) is 23.8 Å². The number of fused-ring (bicyclic) bond motifs is 1. The van der Waals surface area contributed by atoms with Gasteiger partial charge in [-0.05, 0) is 45.6 Å². The van der Waals surface area contributed by atoms with Gasteiger partial charge in [-0.3, -0.25) is 14.4 Å². The van der Waals surface area contributed by atoms with E-state index in [2.05, 4.69) is 0 Å². The lowest BCUT2D eigenvalue weighted by Gasteiger charge is -2.53. The number of esters is 1. The Morgan fingerprint density at radius 1 is 1.32 bits per heavy atom. The molecule has 1 N–H and O–H groups in total.